The average molecular weight is 454 g/mol. The summed E-state index contributed by atoms with van der Waals surface area (Å²) in [6.45, 7) is 3.82. The fraction of sp³-hybridized carbons (Fsp3) is 0.440. The number of ether oxygens (including phenoxy) is 3. The largest absolute Gasteiger partial charge is 0.496 e. The Hall–Kier alpha value is -3.10. The molecule has 1 aromatic carbocycles. The molecule has 1 saturated heterocycles. The number of aromatic carboxylic acids is 1. The molecular weight excluding hydrogens is 422 g/mol. The van der Waals surface area contributed by atoms with E-state index in [0.717, 1.165) is 43.7 Å². The van der Waals surface area contributed by atoms with Gasteiger partial charge in [0.05, 0.1) is 26.4 Å². The van der Waals surface area contributed by atoms with Crippen LogP contribution in [-0.4, -0.2) is 66.6 Å². The SMILES string of the molecule is COCCn1cc(C2CCN(Cc3c(OC)ccc(C(=O)O)c3OC)CC2)c2cccnc21. The van der Waals surface area contributed by atoms with Gasteiger partial charge in [-0.05, 0) is 61.7 Å². The van der Waals surface area contributed by atoms with Crippen molar-refractivity contribution in [1.82, 2.24) is 14.5 Å². The van der Waals surface area contributed by atoms with Crippen molar-refractivity contribution in [2.24, 2.45) is 0 Å². The van der Waals surface area contributed by atoms with Crippen LogP contribution in [0.25, 0.3) is 11.0 Å². The summed E-state index contributed by atoms with van der Waals surface area (Å²) in [4.78, 5) is 18.6. The lowest BCUT2D eigenvalue weighted by Gasteiger charge is -2.32. The number of carbonyl (C=O) groups is 1. The molecule has 1 aliphatic rings. The fourth-order valence-corrected chi connectivity index (χ4v) is 4.81. The maximum atomic E-state index is 11.7. The van der Waals surface area contributed by atoms with Gasteiger partial charge in [-0.3, -0.25) is 4.90 Å². The van der Waals surface area contributed by atoms with Gasteiger partial charge in [0, 0.05) is 38.0 Å². The Kier molecular flexibility index (Phi) is 7.15. The first-order chi connectivity index (χ1) is 16.1. The van der Waals surface area contributed by atoms with E-state index in [2.05, 4.69) is 26.7 Å². The molecule has 3 heterocycles. The molecule has 33 heavy (non-hydrogen) atoms. The predicted molar refractivity (Wildman–Crippen MR) is 125 cm³/mol. The molecule has 3 aromatic rings. The number of fused-ring (bicyclic) bond motifs is 1. The average Bonchev–Trinajstić information content (AvgIpc) is 3.21. The van der Waals surface area contributed by atoms with Crippen molar-refractivity contribution >= 4 is 17.0 Å². The van der Waals surface area contributed by atoms with Gasteiger partial charge in [-0.2, -0.15) is 0 Å². The van der Waals surface area contributed by atoms with E-state index in [4.69, 9.17) is 14.2 Å². The summed E-state index contributed by atoms with van der Waals surface area (Å²) >= 11 is 0. The van der Waals surface area contributed by atoms with Crippen LogP contribution < -0.4 is 9.47 Å². The van der Waals surface area contributed by atoms with E-state index in [1.165, 1.54) is 24.1 Å². The third kappa shape index (κ3) is 4.67. The molecule has 8 nitrogen and oxygen atoms in total. The molecule has 0 bridgehead atoms. The third-order valence-electron chi connectivity index (χ3n) is 6.48. The van der Waals surface area contributed by atoms with Crippen molar-refractivity contribution in [2.75, 3.05) is 41.0 Å². The van der Waals surface area contributed by atoms with Crippen molar-refractivity contribution in [1.29, 1.82) is 0 Å². The molecule has 0 saturated carbocycles. The van der Waals surface area contributed by atoms with Crippen LogP contribution in [-0.2, 0) is 17.8 Å². The number of methoxy groups -OCH3 is 3. The van der Waals surface area contributed by atoms with Crippen LogP contribution in [0.1, 0.15) is 40.2 Å². The highest BCUT2D eigenvalue weighted by atomic mass is 16.5. The topological polar surface area (TPSA) is 86.1 Å². The third-order valence-corrected chi connectivity index (χ3v) is 6.48. The first kappa shape index (κ1) is 23.1. The van der Waals surface area contributed by atoms with E-state index >= 15 is 0 Å². The summed E-state index contributed by atoms with van der Waals surface area (Å²) in [6.07, 6.45) is 6.10. The number of likely N-dealkylation sites (tertiary alicyclic amines) is 1. The van der Waals surface area contributed by atoms with E-state index in [0.29, 0.717) is 30.6 Å². The second-order valence-corrected chi connectivity index (χ2v) is 8.33. The minimum atomic E-state index is -1.01. The Labute approximate surface area is 193 Å². The van der Waals surface area contributed by atoms with Gasteiger partial charge in [0.2, 0.25) is 0 Å². The van der Waals surface area contributed by atoms with Crippen LogP contribution in [0.2, 0.25) is 0 Å². The highest BCUT2D eigenvalue weighted by Crippen LogP contribution is 2.37. The molecule has 0 spiro atoms. The summed E-state index contributed by atoms with van der Waals surface area (Å²) in [5, 5.41) is 10.8. The summed E-state index contributed by atoms with van der Waals surface area (Å²) in [6, 6.07) is 7.38. The number of carboxylic acids is 1. The molecule has 4 rings (SSSR count). The lowest BCUT2D eigenvalue weighted by molar-refractivity contribution is 0.0692. The van der Waals surface area contributed by atoms with Gasteiger partial charge in [0.15, 0.2) is 0 Å². The quantitative estimate of drug-likeness (QED) is 0.528. The van der Waals surface area contributed by atoms with Gasteiger partial charge in [0.25, 0.3) is 0 Å². The molecule has 0 aliphatic carbocycles. The zero-order valence-electron chi connectivity index (χ0n) is 19.4. The molecule has 1 fully saturated rings. The zero-order chi connectivity index (χ0) is 23.4. The van der Waals surface area contributed by atoms with Gasteiger partial charge >= 0.3 is 5.97 Å². The minimum absolute atomic E-state index is 0.152. The van der Waals surface area contributed by atoms with Gasteiger partial charge < -0.3 is 23.9 Å². The summed E-state index contributed by atoms with van der Waals surface area (Å²) < 4.78 is 18.5. The number of hydrogen-bond donors (Lipinski definition) is 1. The first-order valence-corrected chi connectivity index (χ1v) is 11.2. The Balaban J connectivity index is 1.52. The number of nitrogens with zero attached hydrogens (tertiary/aromatic N) is 3. The Morgan fingerprint density at radius 1 is 1.15 bits per heavy atom. The molecule has 1 N–H and O–H groups in total. The molecule has 176 valence electrons. The highest BCUT2D eigenvalue weighted by Gasteiger charge is 2.27. The van der Waals surface area contributed by atoms with Crippen LogP contribution in [0.15, 0.2) is 36.7 Å². The maximum absolute atomic E-state index is 11.7. The summed E-state index contributed by atoms with van der Waals surface area (Å²) in [5.74, 6) is 0.460. The number of aromatic nitrogens is 2. The monoisotopic (exact) mass is 453 g/mol. The van der Waals surface area contributed by atoms with E-state index in [1.807, 2.05) is 12.3 Å². The highest BCUT2D eigenvalue weighted by molar-refractivity contribution is 5.92. The van der Waals surface area contributed by atoms with Crippen molar-refractivity contribution in [3.8, 4) is 11.5 Å². The number of pyridine rings is 1. The number of piperidine rings is 1. The molecule has 0 atom stereocenters. The standard InChI is InChI=1S/C25H31N3O5/c1-31-14-13-28-16-20(18-5-4-10-26-24(18)28)17-8-11-27(12-9-17)15-21-22(32-2)7-6-19(25(29)30)23(21)33-3/h4-7,10,16-17H,8-9,11-15H2,1-3H3,(H,29,30). The smallest absolute Gasteiger partial charge is 0.339 e. The summed E-state index contributed by atoms with van der Waals surface area (Å²) in [5.41, 5.74) is 3.28. The molecule has 1 aliphatic heterocycles. The van der Waals surface area contributed by atoms with Crippen LogP contribution in [0.3, 0.4) is 0 Å². The second-order valence-electron chi connectivity index (χ2n) is 8.33. The number of carboxylic acid groups (broad SMARTS) is 1. The number of rotatable bonds is 9. The molecule has 0 unspecified atom stereocenters. The number of benzene rings is 1. The van der Waals surface area contributed by atoms with Crippen LogP contribution in [0.4, 0.5) is 0 Å². The minimum Gasteiger partial charge on any atom is -0.496 e. The van der Waals surface area contributed by atoms with Gasteiger partial charge in [0.1, 0.15) is 22.7 Å². The Bertz CT molecular complexity index is 1120. The maximum Gasteiger partial charge on any atom is 0.339 e. The number of hydrogen-bond acceptors (Lipinski definition) is 6. The Morgan fingerprint density at radius 3 is 2.61 bits per heavy atom. The van der Waals surface area contributed by atoms with Crippen LogP contribution in [0.5, 0.6) is 11.5 Å². The Morgan fingerprint density at radius 2 is 1.94 bits per heavy atom. The lowest BCUT2D eigenvalue weighted by atomic mass is 9.89. The van der Waals surface area contributed by atoms with Crippen molar-refractivity contribution < 1.29 is 24.1 Å². The predicted octanol–water partition coefficient (Wildman–Crippen LogP) is 3.78. The van der Waals surface area contributed by atoms with Crippen molar-refractivity contribution in [2.45, 2.75) is 31.8 Å². The van der Waals surface area contributed by atoms with E-state index in [9.17, 15) is 9.90 Å². The van der Waals surface area contributed by atoms with Gasteiger partial charge in [-0.15, -0.1) is 0 Å². The normalized spacial score (nSPS) is 15.1. The van der Waals surface area contributed by atoms with Crippen molar-refractivity contribution in [3.63, 3.8) is 0 Å². The van der Waals surface area contributed by atoms with Gasteiger partial charge in [-0.1, -0.05) is 0 Å². The van der Waals surface area contributed by atoms with Crippen molar-refractivity contribution in [3.05, 3.63) is 53.3 Å². The van der Waals surface area contributed by atoms with Gasteiger partial charge in [-0.25, -0.2) is 9.78 Å². The lowest BCUT2D eigenvalue weighted by Crippen LogP contribution is -2.32. The first-order valence-electron chi connectivity index (χ1n) is 11.2. The van der Waals surface area contributed by atoms with E-state index < -0.39 is 5.97 Å². The zero-order valence-corrected chi connectivity index (χ0v) is 19.4. The molecule has 0 amide bonds. The fourth-order valence-electron chi connectivity index (χ4n) is 4.81. The van der Waals surface area contributed by atoms with Crippen LogP contribution in [0, 0.1) is 0 Å². The molecular formula is C25H31N3O5. The summed E-state index contributed by atoms with van der Waals surface area (Å²) in [7, 11) is 4.81. The van der Waals surface area contributed by atoms with Crippen LogP contribution >= 0.6 is 0 Å². The molecule has 8 heteroatoms. The molecule has 0 radical (unpaired) electrons. The second kappa shape index (κ2) is 10.2. The molecule has 2 aromatic heterocycles. The van der Waals surface area contributed by atoms with E-state index in [1.54, 1.807) is 20.3 Å². The van der Waals surface area contributed by atoms with E-state index in [-0.39, 0.29) is 5.56 Å².